The molecule has 0 nitrogen and oxygen atoms in total. The number of hydrogen-bond acceptors (Lipinski definition) is 0. The van der Waals surface area contributed by atoms with Gasteiger partial charge in [0, 0.05) is 0 Å². The van der Waals surface area contributed by atoms with Gasteiger partial charge in [-0.1, -0.05) is 69.9 Å². The maximum absolute atomic E-state index is 15.0. The fraction of sp³-hybridized carbons (Fsp3) is 0.571. The van der Waals surface area contributed by atoms with Gasteiger partial charge in [-0.3, -0.25) is 0 Å². The standard InChI is InChI=1S/C14H23FSi/c1-3-5-12-16(15,13-6-4-2)14-10-8-7-9-11-14/h7-11H,3-6,12-13H2,1-2H3. The molecule has 0 aliphatic rings. The minimum atomic E-state index is -2.67. The molecule has 1 aromatic carbocycles. The van der Waals surface area contributed by atoms with Crippen LogP contribution in [0.15, 0.2) is 30.3 Å². The number of unbranched alkanes of at least 4 members (excludes halogenated alkanes) is 2. The van der Waals surface area contributed by atoms with Crippen molar-refractivity contribution < 1.29 is 4.11 Å². The molecular formula is C14H23FSi. The average Bonchev–Trinajstić information content (AvgIpc) is 2.35. The highest BCUT2D eigenvalue weighted by Crippen LogP contribution is 2.23. The minimum absolute atomic E-state index is 0.799. The zero-order valence-electron chi connectivity index (χ0n) is 10.5. The van der Waals surface area contributed by atoms with Crippen LogP contribution in [0.1, 0.15) is 39.5 Å². The van der Waals surface area contributed by atoms with Crippen LogP contribution in [0.4, 0.5) is 4.11 Å². The van der Waals surface area contributed by atoms with Crippen molar-refractivity contribution in [1.29, 1.82) is 0 Å². The number of rotatable bonds is 7. The van der Waals surface area contributed by atoms with Crippen LogP contribution in [0.5, 0.6) is 0 Å². The Bertz CT molecular complexity index is 276. The van der Waals surface area contributed by atoms with E-state index >= 15 is 4.11 Å². The van der Waals surface area contributed by atoms with Crippen LogP contribution in [0.3, 0.4) is 0 Å². The first-order valence-electron chi connectivity index (χ1n) is 6.47. The summed E-state index contributed by atoms with van der Waals surface area (Å²) < 4.78 is 15.0. The molecule has 1 aromatic rings. The van der Waals surface area contributed by atoms with Crippen molar-refractivity contribution in [2.24, 2.45) is 0 Å². The van der Waals surface area contributed by atoms with Gasteiger partial charge >= 0.3 is 0 Å². The lowest BCUT2D eigenvalue weighted by molar-refractivity contribution is 0.718. The van der Waals surface area contributed by atoms with Gasteiger partial charge in [-0.15, -0.1) is 0 Å². The van der Waals surface area contributed by atoms with Crippen LogP contribution in [0, 0.1) is 0 Å². The summed E-state index contributed by atoms with van der Waals surface area (Å²) in [6, 6.07) is 11.5. The maximum atomic E-state index is 15.0. The second-order valence-corrected chi connectivity index (χ2v) is 8.05. The average molecular weight is 238 g/mol. The molecular weight excluding hydrogens is 215 g/mol. The minimum Gasteiger partial charge on any atom is -0.308 e. The van der Waals surface area contributed by atoms with Crippen molar-refractivity contribution in [2.75, 3.05) is 0 Å². The van der Waals surface area contributed by atoms with Crippen LogP contribution >= 0.6 is 0 Å². The molecule has 2 heteroatoms. The van der Waals surface area contributed by atoms with E-state index in [0.717, 1.165) is 43.0 Å². The van der Waals surface area contributed by atoms with Crippen molar-refractivity contribution in [3.8, 4) is 0 Å². The lowest BCUT2D eigenvalue weighted by Gasteiger charge is -2.22. The summed E-state index contributed by atoms with van der Waals surface area (Å²) in [6.07, 6.45) is 4.25. The summed E-state index contributed by atoms with van der Waals surface area (Å²) in [5.74, 6) is 0. The van der Waals surface area contributed by atoms with Crippen LogP contribution < -0.4 is 5.19 Å². The molecule has 0 aliphatic heterocycles. The van der Waals surface area contributed by atoms with Crippen molar-refractivity contribution >= 4 is 13.6 Å². The quantitative estimate of drug-likeness (QED) is 0.487. The summed E-state index contributed by atoms with van der Waals surface area (Å²) in [5.41, 5.74) is 0. The Hall–Kier alpha value is -0.633. The summed E-state index contributed by atoms with van der Waals surface area (Å²) in [7, 11) is -2.67. The summed E-state index contributed by atoms with van der Waals surface area (Å²) in [4.78, 5) is 0. The van der Waals surface area contributed by atoms with Crippen molar-refractivity contribution in [2.45, 2.75) is 51.6 Å². The van der Waals surface area contributed by atoms with Gasteiger partial charge in [0.15, 0.2) is 0 Å². The Morgan fingerprint density at radius 3 is 1.88 bits per heavy atom. The van der Waals surface area contributed by atoms with Crippen LogP contribution in [-0.4, -0.2) is 8.41 Å². The fourth-order valence-corrected chi connectivity index (χ4v) is 5.51. The fourth-order valence-electron chi connectivity index (χ4n) is 2.06. The molecule has 0 aromatic heterocycles. The van der Waals surface area contributed by atoms with E-state index in [4.69, 9.17) is 0 Å². The second-order valence-electron chi connectivity index (χ2n) is 4.54. The lowest BCUT2D eigenvalue weighted by Crippen LogP contribution is -2.43. The van der Waals surface area contributed by atoms with E-state index in [2.05, 4.69) is 13.8 Å². The molecule has 0 saturated carbocycles. The monoisotopic (exact) mass is 238 g/mol. The van der Waals surface area contributed by atoms with E-state index in [-0.39, 0.29) is 0 Å². The summed E-state index contributed by atoms with van der Waals surface area (Å²) >= 11 is 0. The van der Waals surface area contributed by atoms with Gasteiger partial charge in [0.05, 0.1) is 0 Å². The second kappa shape index (κ2) is 6.84. The molecule has 16 heavy (non-hydrogen) atoms. The highest BCUT2D eigenvalue weighted by molar-refractivity contribution is 6.86. The van der Waals surface area contributed by atoms with E-state index in [1.807, 2.05) is 30.3 Å². The SMILES string of the molecule is CCCC[Si](F)(CCCC)c1ccccc1. The smallest absolute Gasteiger partial charge is 0.277 e. The number of halogens is 1. The zero-order valence-corrected chi connectivity index (χ0v) is 11.5. The molecule has 0 amide bonds. The Balaban J connectivity index is 2.77. The van der Waals surface area contributed by atoms with E-state index in [1.165, 1.54) is 0 Å². The van der Waals surface area contributed by atoms with Gasteiger partial charge in [-0.2, -0.15) is 0 Å². The molecule has 0 radical (unpaired) electrons. The Kier molecular flexibility index (Phi) is 5.75. The van der Waals surface area contributed by atoms with E-state index < -0.39 is 8.41 Å². The van der Waals surface area contributed by atoms with Gasteiger partial charge in [-0.05, 0) is 17.3 Å². The first-order chi connectivity index (χ1) is 7.73. The number of hydrogen-bond donors (Lipinski definition) is 0. The van der Waals surface area contributed by atoms with Crippen LogP contribution in [-0.2, 0) is 0 Å². The largest absolute Gasteiger partial charge is 0.308 e. The third-order valence-electron chi connectivity index (χ3n) is 3.14. The van der Waals surface area contributed by atoms with Gasteiger partial charge in [0.2, 0.25) is 0 Å². The van der Waals surface area contributed by atoms with E-state index in [1.54, 1.807) is 0 Å². The molecule has 0 bridgehead atoms. The third-order valence-corrected chi connectivity index (χ3v) is 6.80. The maximum Gasteiger partial charge on any atom is 0.277 e. The molecule has 0 unspecified atom stereocenters. The summed E-state index contributed by atoms with van der Waals surface area (Å²) in [6.45, 7) is 4.28. The number of benzene rings is 1. The molecule has 1 rings (SSSR count). The van der Waals surface area contributed by atoms with Crippen molar-refractivity contribution in [1.82, 2.24) is 0 Å². The van der Waals surface area contributed by atoms with E-state index in [0.29, 0.717) is 0 Å². The molecule has 0 fully saturated rings. The van der Waals surface area contributed by atoms with Crippen molar-refractivity contribution in [3.63, 3.8) is 0 Å². The van der Waals surface area contributed by atoms with Crippen LogP contribution in [0.2, 0.25) is 12.1 Å². The van der Waals surface area contributed by atoms with E-state index in [9.17, 15) is 0 Å². The highest BCUT2D eigenvalue weighted by Gasteiger charge is 2.34. The molecule has 90 valence electrons. The highest BCUT2D eigenvalue weighted by atomic mass is 28.4. The Morgan fingerprint density at radius 2 is 1.44 bits per heavy atom. The Morgan fingerprint density at radius 1 is 0.938 bits per heavy atom. The predicted octanol–water partition coefficient (Wildman–Crippen LogP) is 4.41. The predicted molar refractivity (Wildman–Crippen MR) is 72.4 cm³/mol. The van der Waals surface area contributed by atoms with Gasteiger partial charge < -0.3 is 4.11 Å². The molecule has 0 N–H and O–H groups in total. The third kappa shape index (κ3) is 3.74. The topological polar surface area (TPSA) is 0 Å². The van der Waals surface area contributed by atoms with Gasteiger partial charge in [0.1, 0.15) is 0 Å². The first kappa shape index (κ1) is 13.4. The Labute approximate surface area is 100 Å². The molecule has 0 aliphatic carbocycles. The van der Waals surface area contributed by atoms with Gasteiger partial charge in [0.25, 0.3) is 8.41 Å². The molecule has 0 saturated heterocycles. The van der Waals surface area contributed by atoms with Crippen molar-refractivity contribution in [3.05, 3.63) is 30.3 Å². The molecule has 0 spiro atoms. The van der Waals surface area contributed by atoms with Gasteiger partial charge in [-0.25, -0.2) is 0 Å². The van der Waals surface area contributed by atoms with Crippen LogP contribution in [0.25, 0.3) is 0 Å². The summed E-state index contributed by atoms with van der Waals surface area (Å²) in [5, 5.41) is 0.997. The molecule has 0 atom stereocenters. The normalized spacial score (nSPS) is 11.7. The first-order valence-corrected chi connectivity index (χ1v) is 8.76. The lowest BCUT2D eigenvalue weighted by atomic mass is 10.4. The molecule has 0 heterocycles. The zero-order chi connectivity index (χ0) is 11.9.